The van der Waals surface area contributed by atoms with Gasteiger partial charge in [0.25, 0.3) is 11.2 Å². The number of aromatic nitrogens is 4. The van der Waals surface area contributed by atoms with Crippen LogP contribution in [-0.4, -0.2) is 84.0 Å². The van der Waals surface area contributed by atoms with Crippen molar-refractivity contribution in [1.82, 2.24) is 19.5 Å². The second-order valence-electron chi connectivity index (χ2n) is 9.08. The number of hydrogen-bond acceptors (Lipinski definition) is 13. The van der Waals surface area contributed by atoms with Crippen LogP contribution in [0.15, 0.2) is 28.1 Å². The molecule has 1 aromatic carbocycles. The third-order valence-electron chi connectivity index (χ3n) is 6.61. The quantitative estimate of drug-likeness (QED) is 0.131. The third kappa shape index (κ3) is 4.65. The molecule has 0 radical (unpaired) electrons. The molecular weight excluding hydrogens is 502 g/mol. The van der Waals surface area contributed by atoms with Crippen LogP contribution in [0, 0.1) is 10.1 Å². The van der Waals surface area contributed by atoms with E-state index in [9.17, 15) is 30.2 Å². The number of nitrogen functional groups attached to an aromatic ring is 1. The molecule has 3 aromatic rings. The second kappa shape index (κ2) is 10.3. The summed E-state index contributed by atoms with van der Waals surface area (Å²) in [5.74, 6) is -0.305. The Labute approximate surface area is 214 Å². The minimum absolute atomic E-state index is 0.0409. The van der Waals surface area contributed by atoms with Crippen molar-refractivity contribution in [2.45, 2.75) is 43.8 Å². The third-order valence-corrected chi connectivity index (χ3v) is 6.61. The van der Waals surface area contributed by atoms with E-state index >= 15 is 0 Å². The number of aromatic amines is 1. The van der Waals surface area contributed by atoms with Gasteiger partial charge in [-0.1, -0.05) is 6.07 Å². The molecule has 2 aromatic heterocycles. The van der Waals surface area contributed by atoms with Crippen LogP contribution >= 0.6 is 0 Å². The summed E-state index contributed by atoms with van der Waals surface area (Å²) in [6.45, 7) is 0.944. The number of anilines is 3. The van der Waals surface area contributed by atoms with Crippen LogP contribution in [-0.2, 0) is 4.74 Å². The summed E-state index contributed by atoms with van der Waals surface area (Å²) in [6.07, 6.45) is -0.917. The summed E-state index contributed by atoms with van der Waals surface area (Å²) in [4.78, 5) is 36.3. The fraction of sp³-hybridized carbons (Fsp3) is 0.455. The summed E-state index contributed by atoms with van der Waals surface area (Å²) >= 11 is 0. The Morgan fingerprint density at radius 3 is 2.71 bits per heavy atom. The van der Waals surface area contributed by atoms with Gasteiger partial charge in [-0.2, -0.15) is 10.1 Å². The fourth-order valence-electron chi connectivity index (χ4n) is 4.75. The lowest BCUT2D eigenvalue weighted by molar-refractivity contribution is -0.384. The lowest BCUT2D eigenvalue weighted by Gasteiger charge is -2.28. The Morgan fingerprint density at radius 1 is 1.26 bits per heavy atom. The summed E-state index contributed by atoms with van der Waals surface area (Å²) in [7, 11) is 0. The molecule has 4 heterocycles. The van der Waals surface area contributed by atoms with Crippen molar-refractivity contribution in [3.63, 3.8) is 0 Å². The van der Waals surface area contributed by atoms with E-state index in [0.29, 0.717) is 11.3 Å². The average Bonchev–Trinajstić information content (AvgIpc) is 3.40. The van der Waals surface area contributed by atoms with Gasteiger partial charge in [0, 0.05) is 24.7 Å². The maximum absolute atomic E-state index is 12.4. The van der Waals surface area contributed by atoms with Crippen LogP contribution in [0.5, 0.6) is 0 Å². The minimum atomic E-state index is -1.50. The highest BCUT2D eigenvalue weighted by Gasteiger charge is 2.45. The number of fused-ring (bicyclic) bond motifs is 1. The first-order chi connectivity index (χ1) is 18.3. The zero-order valence-corrected chi connectivity index (χ0v) is 20.1. The molecular formula is C22H27N9O7. The number of nitro groups is 1. The minimum Gasteiger partial charge on any atom is -0.394 e. The molecule has 2 aliphatic heterocycles. The van der Waals surface area contributed by atoms with Crippen LogP contribution < -0.4 is 21.6 Å². The molecule has 202 valence electrons. The van der Waals surface area contributed by atoms with Gasteiger partial charge in [-0.05, 0) is 25.3 Å². The van der Waals surface area contributed by atoms with Crippen LogP contribution in [0.2, 0.25) is 0 Å². The highest BCUT2D eigenvalue weighted by molar-refractivity contribution is 5.84. The van der Waals surface area contributed by atoms with E-state index in [4.69, 9.17) is 10.5 Å². The van der Waals surface area contributed by atoms with Gasteiger partial charge in [0.1, 0.15) is 24.0 Å². The predicted octanol–water partition coefficient (Wildman–Crippen LogP) is -0.342. The van der Waals surface area contributed by atoms with E-state index in [1.807, 2.05) is 4.90 Å². The molecule has 0 bridgehead atoms. The number of ether oxygens (including phenoxy) is 1. The molecule has 0 saturated carbocycles. The highest BCUT2D eigenvalue weighted by atomic mass is 16.6. The molecule has 0 aliphatic carbocycles. The normalized spacial score (nSPS) is 23.9. The van der Waals surface area contributed by atoms with Gasteiger partial charge >= 0.3 is 0 Å². The van der Waals surface area contributed by atoms with Crippen LogP contribution in [0.4, 0.5) is 23.3 Å². The number of H-pyrrole nitrogens is 1. The molecule has 2 aliphatic rings. The van der Waals surface area contributed by atoms with E-state index in [0.717, 1.165) is 32.4 Å². The Bertz CT molecular complexity index is 1430. The van der Waals surface area contributed by atoms with Gasteiger partial charge in [0.15, 0.2) is 17.4 Å². The van der Waals surface area contributed by atoms with E-state index in [2.05, 4.69) is 25.5 Å². The van der Waals surface area contributed by atoms with Gasteiger partial charge in [-0.15, -0.1) is 0 Å². The fourth-order valence-corrected chi connectivity index (χ4v) is 4.75. The number of benzene rings is 1. The number of rotatable bonds is 7. The molecule has 5 rings (SSSR count). The topological polar surface area (TPSA) is 230 Å². The molecule has 2 saturated heterocycles. The Balaban J connectivity index is 1.47. The van der Waals surface area contributed by atoms with E-state index in [1.54, 1.807) is 12.1 Å². The SMILES string of the molecule is Nc1nc2c(nc(N/N=C\c3ccc(N4CCCCC4)c([N+](=O)[O-])c3)n2[C@@H]2O[C@H](CO)[C@H](O)[C@@H]2O)c(=O)[nH]1. The first-order valence-corrected chi connectivity index (χ1v) is 12.0. The van der Waals surface area contributed by atoms with Crippen LogP contribution in [0.3, 0.4) is 0 Å². The number of nitrogens with zero attached hydrogens (tertiary/aromatic N) is 6. The van der Waals surface area contributed by atoms with Gasteiger partial charge in [0.05, 0.1) is 17.7 Å². The van der Waals surface area contributed by atoms with Gasteiger partial charge in [0.2, 0.25) is 11.9 Å². The molecule has 7 N–H and O–H groups in total. The van der Waals surface area contributed by atoms with E-state index in [1.165, 1.54) is 16.8 Å². The second-order valence-corrected chi connectivity index (χ2v) is 9.08. The van der Waals surface area contributed by atoms with Crippen LogP contribution in [0.1, 0.15) is 31.1 Å². The van der Waals surface area contributed by atoms with Crippen LogP contribution in [0.25, 0.3) is 11.2 Å². The number of piperidine rings is 1. The molecule has 0 amide bonds. The number of aliphatic hydroxyl groups excluding tert-OH is 3. The lowest BCUT2D eigenvalue weighted by atomic mass is 10.1. The smallest absolute Gasteiger partial charge is 0.293 e. The molecule has 4 atom stereocenters. The van der Waals surface area contributed by atoms with Crippen molar-refractivity contribution in [1.29, 1.82) is 0 Å². The summed E-state index contributed by atoms with van der Waals surface area (Å²) in [5, 5.41) is 46.1. The predicted molar refractivity (Wildman–Crippen MR) is 136 cm³/mol. The van der Waals surface area contributed by atoms with Crippen molar-refractivity contribution in [3.05, 3.63) is 44.2 Å². The summed E-state index contributed by atoms with van der Waals surface area (Å²) in [5.41, 5.74) is 8.41. The first-order valence-electron chi connectivity index (χ1n) is 12.0. The highest BCUT2D eigenvalue weighted by Crippen LogP contribution is 2.34. The van der Waals surface area contributed by atoms with E-state index in [-0.39, 0.29) is 28.7 Å². The first kappa shape index (κ1) is 25.5. The van der Waals surface area contributed by atoms with Crippen molar-refractivity contribution >= 4 is 40.6 Å². The van der Waals surface area contributed by atoms with Gasteiger partial charge < -0.3 is 30.7 Å². The number of imidazole rings is 1. The number of nitrogens with two attached hydrogens (primary N) is 1. The zero-order chi connectivity index (χ0) is 27.0. The van der Waals surface area contributed by atoms with Gasteiger partial charge in [-0.25, -0.2) is 10.4 Å². The number of aliphatic hydroxyl groups is 3. The molecule has 38 heavy (non-hydrogen) atoms. The molecule has 16 heteroatoms. The standard InChI is InChI=1S/C22H27N9O7/c23-21-26-18-15(19(35)27-21)25-22(30(18)20-17(34)16(33)14(10-32)38-20)28-24-9-11-4-5-12(13(8-11)31(36)37)29-6-2-1-3-7-29/h4-5,8-9,14,16-17,20,32-34H,1-3,6-7,10H2,(H,25,28)(H3,23,26,27,35)/b24-9-/t14-,16+,17+,20-/m1/s1. The number of nitro benzene ring substituents is 1. The molecule has 0 unspecified atom stereocenters. The van der Waals surface area contributed by atoms with E-state index < -0.39 is 41.6 Å². The van der Waals surface area contributed by atoms with Crippen molar-refractivity contribution in [3.8, 4) is 0 Å². The zero-order valence-electron chi connectivity index (χ0n) is 20.1. The lowest BCUT2D eigenvalue weighted by Crippen LogP contribution is -2.33. The maximum atomic E-state index is 12.4. The number of hydrogen-bond donors (Lipinski definition) is 6. The van der Waals surface area contributed by atoms with Crippen molar-refractivity contribution in [2.24, 2.45) is 5.10 Å². The molecule has 16 nitrogen and oxygen atoms in total. The summed E-state index contributed by atoms with van der Waals surface area (Å²) < 4.78 is 6.79. The molecule has 2 fully saturated rings. The average molecular weight is 530 g/mol. The van der Waals surface area contributed by atoms with Gasteiger partial charge in [-0.3, -0.25) is 24.5 Å². The Hall–Kier alpha value is -4.12. The monoisotopic (exact) mass is 529 g/mol. The summed E-state index contributed by atoms with van der Waals surface area (Å²) in [6, 6.07) is 4.80. The van der Waals surface area contributed by atoms with Crippen molar-refractivity contribution < 1.29 is 25.0 Å². The number of hydrazone groups is 1. The number of nitrogens with one attached hydrogen (secondary N) is 2. The Kier molecular flexibility index (Phi) is 6.94. The largest absolute Gasteiger partial charge is 0.394 e. The van der Waals surface area contributed by atoms with Crippen molar-refractivity contribution in [2.75, 3.05) is 35.8 Å². The molecule has 0 spiro atoms. The Morgan fingerprint density at radius 2 is 2.03 bits per heavy atom. The maximum Gasteiger partial charge on any atom is 0.293 e.